The predicted octanol–water partition coefficient (Wildman–Crippen LogP) is 4.11. The van der Waals surface area contributed by atoms with Crippen molar-refractivity contribution in [1.82, 2.24) is 15.2 Å². The van der Waals surface area contributed by atoms with Crippen LogP contribution in [0.3, 0.4) is 0 Å². The first-order chi connectivity index (χ1) is 13.0. The largest absolute Gasteiger partial charge is 0.454 e. The number of alkyl halides is 3. The molecule has 0 unspecified atom stereocenters. The van der Waals surface area contributed by atoms with E-state index in [2.05, 4.69) is 25.8 Å². The Kier molecular flexibility index (Phi) is 4.15. The number of nitrogens with one attached hydrogen (secondary N) is 2. The van der Waals surface area contributed by atoms with Gasteiger partial charge in [0.1, 0.15) is 0 Å². The standard InChI is InChI=1S/C17H12F3N5O2/c18-17(19,20)11-3-1-2-4-12(11)23-15-8-21-25-16(24-15)22-10-5-6-13-14(7-10)27-9-26-13/h1-8H,9H2,(H2,22,23,24,25). The lowest BCUT2D eigenvalue weighted by Gasteiger charge is -2.14. The Morgan fingerprint density at radius 3 is 2.63 bits per heavy atom. The maximum Gasteiger partial charge on any atom is 0.418 e. The zero-order valence-corrected chi connectivity index (χ0v) is 13.6. The molecular formula is C17H12F3N5O2. The highest BCUT2D eigenvalue weighted by Crippen LogP contribution is 2.36. The number of hydrogen-bond donors (Lipinski definition) is 2. The molecule has 1 aliphatic heterocycles. The van der Waals surface area contributed by atoms with Gasteiger partial charge in [0.15, 0.2) is 17.3 Å². The smallest absolute Gasteiger partial charge is 0.418 e. The molecular weight excluding hydrogens is 363 g/mol. The van der Waals surface area contributed by atoms with Crippen LogP contribution in [0.1, 0.15) is 5.56 Å². The minimum atomic E-state index is -4.49. The van der Waals surface area contributed by atoms with Gasteiger partial charge in [0.25, 0.3) is 0 Å². The second-order valence-corrected chi connectivity index (χ2v) is 5.53. The van der Waals surface area contributed by atoms with E-state index in [4.69, 9.17) is 9.47 Å². The first kappa shape index (κ1) is 16.9. The fourth-order valence-electron chi connectivity index (χ4n) is 2.50. The van der Waals surface area contributed by atoms with E-state index in [1.165, 1.54) is 24.4 Å². The Bertz CT molecular complexity index is 981. The molecule has 2 heterocycles. The van der Waals surface area contributed by atoms with Gasteiger partial charge in [-0.15, -0.1) is 5.10 Å². The van der Waals surface area contributed by atoms with Crippen LogP contribution in [0.15, 0.2) is 48.7 Å². The molecule has 0 fully saturated rings. The zero-order chi connectivity index (χ0) is 18.9. The van der Waals surface area contributed by atoms with Gasteiger partial charge in [-0.1, -0.05) is 12.1 Å². The Morgan fingerprint density at radius 1 is 0.963 bits per heavy atom. The molecule has 27 heavy (non-hydrogen) atoms. The summed E-state index contributed by atoms with van der Waals surface area (Å²) >= 11 is 0. The molecule has 10 heteroatoms. The lowest BCUT2D eigenvalue weighted by atomic mass is 10.1. The zero-order valence-electron chi connectivity index (χ0n) is 13.6. The Balaban J connectivity index is 1.55. The number of rotatable bonds is 4. The number of fused-ring (bicyclic) bond motifs is 1. The highest BCUT2D eigenvalue weighted by molar-refractivity contribution is 5.63. The van der Waals surface area contributed by atoms with E-state index in [-0.39, 0.29) is 24.2 Å². The molecule has 1 aliphatic rings. The quantitative estimate of drug-likeness (QED) is 0.710. The molecule has 2 aromatic carbocycles. The topological polar surface area (TPSA) is 81.2 Å². The number of para-hydroxylation sites is 1. The maximum atomic E-state index is 13.1. The fraction of sp³-hybridized carbons (Fsp3) is 0.118. The van der Waals surface area contributed by atoms with Gasteiger partial charge >= 0.3 is 6.18 Å². The summed E-state index contributed by atoms with van der Waals surface area (Å²) in [5.41, 5.74) is -0.303. The van der Waals surface area contributed by atoms with Crippen LogP contribution < -0.4 is 20.1 Å². The summed E-state index contributed by atoms with van der Waals surface area (Å²) in [6.45, 7) is 0.148. The average Bonchev–Trinajstić information content (AvgIpc) is 3.09. The summed E-state index contributed by atoms with van der Waals surface area (Å²) in [6, 6.07) is 10.3. The second kappa shape index (κ2) is 6.63. The first-order valence-electron chi connectivity index (χ1n) is 7.79. The lowest BCUT2D eigenvalue weighted by molar-refractivity contribution is -0.136. The molecule has 1 aromatic heterocycles. The van der Waals surface area contributed by atoms with E-state index in [1.54, 1.807) is 18.2 Å². The van der Waals surface area contributed by atoms with Crippen molar-refractivity contribution < 1.29 is 22.6 Å². The van der Waals surface area contributed by atoms with Crippen LogP contribution in [-0.2, 0) is 6.18 Å². The Labute approximate surface area is 151 Å². The molecule has 7 nitrogen and oxygen atoms in total. The van der Waals surface area contributed by atoms with Crippen molar-refractivity contribution in [3.05, 3.63) is 54.2 Å². The number of nitrogens with zero attached hydrogens (tertiary/aromatic N) is 3. The van der Waals surface area contributed by atoms with Gasteiger partial charge < -0.3 is 20.1 Å². The lowest BCUT2D eigenvalue weighted by Crippen LogP contribution is -2.09. The normalized spacial score (nSPS) is 12.7. The number of ether oxygens (including phenoxy) is 2. The summed E-state index contributed by atoms with van der Waals surface area (Å²) in [5.74, 6) is 1.42. The maximum absolute atomic E-state index is 13.1. The van der Waals surface area contributed by atoms with Gasteiger partial charge in [0.2, 0.25) is 12.7 Å². The van der Waals surface area contributed by atoms with Gasteiger partial charge in [-0.3, -0.25) is 0 Å². The molecule has 4 rings (SSSR count). The third-order valence-corrected chi connectivity index (χ3v) is 3.68. The number of hydrogen-bond acceptors (Lipinski definition) is 7. The average molecular weight is 375 g/mol. The Morgan fingerprint density at radius 2 is 1.78 bits per heavy atom. The summed E-state index contributed by atoms with van der Waals surface area (Å²) < 4.78 is 49.8. The van der Waals surface area contributed by atoms with E-state index in [1.807, 2.05) is 0 Å². The molecule has 0 saturated carbocycles. The van der Waals surface area contributed by atoms with Crippen LogP contribution in [0.25, 0.3) is 0 Å². The molecule has 0 amide bonds. The van der Waals surface area contributed by atoms with Gasteiger partial charge in [-0.2, -0.15) is 23.3 Å². The van der Waals surface area contributed by atoms with Crippen LogP contribution >= 0.6 is 0 Å². The molecule has 2 N–H and O–H groups in total. The Hall–Kier alpha value is -3.56. The highest BCUT2D eigenvalue weighted by atomic mass is 19.4. The summed E-state index contributed by atoms with van der Waals surface area (Å²) in [6.07, 6.45) is -3.25. The van der Waals surface area contributed by atoms with Crippen molar-refractivity contribution in [3.8, 4) is 11.5 Å². The van der Waals surface area contributed by atoms with Crippen molar-refractivity contribution in [3.63, 3.8) is 0 Å². The van der Waals surface area contributed by atoms with Gasteiger partial charge in [-0.05, 0) is 24.3 Å². The van der Waals surface area contributed by atoms with E-state index in [0.717, 1.165) is 6.07 Å². The van der Waals surface area contributed by atoms with Crippen LogP contribution in [-0.4, -0.2) is 22.0 Å². The van der Waals surface area contributed by atoms with Crippen molar-refractivity contribution in [1.29, 1.82) is 0 Å². The second-order valence-electron chi connectivity index (χ2n) is 5.53. The minimum absolute atomic E-state index is 0.114. The molecule has 0 atom stereocenters. The molecule has 0 radical (unpaired) electrons. The van der Waals surface area contributed by atoms with E-state index in [9.17, 15) is 13.2 Å². The number of anilines is 4. The van der Waals surface area contributed by atoms with Crippen LogP contribution in [0.4, 0.5) is 36.3 Å². The third kappa shape index (κ3) is 3.68. The van der Waals surface area contributed by atoms with Crippen LogP contribution in [0.5, 0.6) is 11.5 Å². The third-order valence-electron chi connectivity index (χ3n) is 3.68. The SMILES string of the molecule is FC(F)(F)c1ccccc1Nc1cnnc(Nc2ccc3c(c2)OCO3)n1. The van der Waals surface area contributed by atoms with Crippen molar-refractivity contribution in [2.24, 2.45) is 0 Å². The van der Waals surface area contributed by atoms with E-state index < -0.39 is 11.7 Å². The van der Waals surface area contributed by atoms with Gasteiger partial charge in [0.05, 0.1) is 17.4 Å². The monoisotopic (exact) mass is 375 g/mol. The minimum Gasteiger partial charge on any atom is -0.454 e. The number of aromatic nitrogens is 3. The van der Waals surface area contributed by atoms with E-state index in [0.29, 0.717) is 17.2 Å². The molecule has 0 spiro atoms. The van der Waals surface area contributed by atoms with Crippen molar-refractivity contribution in [2.45, 2.75) is 6.18 Å². The fourth-order valence-corrected chi connectivity index (χ4v) is 2.50. The molecule has 0 bridgehead atoms. The number of halogens is 3. The van der Waals surface area contributed by atoms with Crippen LogP contribution in [0.2, 0.25) is 0 Å². The summed E-state index contributed by atoms with van der Waals surface area (Å²) in [4.78, 5) is 4.14. The first-order valence-corrected chi connectivity index (χ1v) is 7.79. The predicted molar refractivity (Wildman–Crippen MR) is 90.4 cm³/mol. The summed E-state index contributed by atoms with van der Waals surface area (Å²) in [5, 5.41) is 13.2. The molecule has 3 aromatic rings. The van der Waals surface area contributed by atoms with E-state index >= 15 is 0 Å². The van der Waals surface area contributed by atoms with Crippen molar-refractivity contribution >= 4 is 23.1 Å². The molecule has 0 aliphatic carbocycles. The molecule has 138 valence electrons. The highest BCUT2D eigenvalue weighted by Gasteiger charge is 2.33. The molecule has 0 saturated heterocycles. The van der Waals surface area contributed by atoms with Crippen LogP contribution in [0, 0.1) is 0 Å². The van der Waals surface area contributed by atoms with Gasteiger partial charge in [-0.25, -0.2) is 0 Å². The summed E-state index contributed by atoms with van der Waals surface area (Å²) in [7, 11) is 0. The van der Waals surface area contributed by atoms with Crippen molar-refractivity contribution in [2.75, 3.05) is 17.4 Å². The number of benzene rings is 2. The van der Waals surface area contributed by atoms with Gasteiger partial charge in [0, 0.05) is 11.8 Å².